The van der Waals surface area contributed by atoms with E-state index in [4.69, 9.17) is 9.47 Å². The smallest absolute Gasteiger partial charge is 0.328 e. The molecule has 2 aromatic rings. The van der Waals surface area contributed by atoms with Crippen LogP contribution in [-0.4, -0.2) is 54.8 Å². The zero-order valence-electron chi connectivity index (χ0n) is 19.4. The van der Waals surface area contributed by atoms with Crippen molar-refractivity contribution in [2.24, 2.45) is 0 Å². The largest absolute Gasteiger partial charge is 0.493 e. The van der Waals surface area contributed by atoms with E-state index in [0.29, 0.717) is 27.2 Å². The maximum absolute atomic E-state index is 12.8. The van der Waals surface area contributed by atoms with E-state index in [1.165, 1.54) is 27.2 Å². The van der Waals surface area contributed by atoms with Crippen molar-refractivity contribution in [3.8, 4) is 11.5 Å². The van der Waals surface area contributed by atoms with Gasteiger partial charge in [0.05, 0.1) is 19.1 Å². The molecule has 0 bridgehead atoms. The van der Waals surface area contributed by atoms with Gasteiger partial charge in [-0.3, -0.25) is 19.3 Å². The van der Waals surface area contributed by atoms with Crippen LogP contribution in [0.5, 0.6) is 11.5 Å². The molecule has 2 aromatic carbocycles. The molecule has 9 nitrogen and oxygen atoms in total. The first-order valence-corrected chi connectivity index (χ1v) is 12.0. The number of esters is 1. The van der Waals surface area contributed by atoms with Gasteiger partial charge in [0.1, 0.15) is 6.04 Å². The second-order valence-corrected chi connectivity index (χ2v) is 9.33. The van der Waals surface area contributed by atoms with Crippen LogP contribution in [0.2, 0.25) is 0 Å². The molecule has 11 heteroatoms. The van der Waals surface area contributed by atoms with E-state index in [-0.39, 0.29) is 17.4 Å². The Morgan fingerprint density at radius 2 is 1.83 bits per heavy atom. The molecule has 1 atom stereocenters. The van der Waals surface area contributed by atoms with Crippen molar-refractivity contribution in [2.45, 2.75) is 19.9 Å². The molecule has 0 unspecified atom stereocenters. The quantitative estimate of drug-likeness (QED) is 0.372. The molecular weight excluding hydrogens is 540 g/mol. The van der Waals surface area contributed by atoms with Crippen LogP contribution in [0.4, 0.5) is 10.5 Å². The third-order valence-electron chi connectivity index (χ3n) is 5.02. The highest BCUT2D eigenvalue weighted by Crippen LogP contribution is 2.38. The Labute approximate surface area is 214 Å². The van der Waals surface area contributed by atoms with Gasteiger partial charge in [0.25, 0.3) is 17.1 Å². The molecule has 1 saturated heterocycles. The van der Waals surface area contributed by atoms with Crippen LogP contribution in [0, 0.1) is 6.92 Å². The number of nitrogens with one attached hydrogen (secondary N) is 1. The molecule has 0 radical (unpaired) electrons. The van der Waals surface area contributed by atoms with Crippen molar-refractivity contribution in [1.82, 2.24) is 4.90 Å². The second-order valence-electron chi connectivity index (χ2n) is 7.48. The first-order chi connectivity index (χ1) is 16.6. The number of halogens is 1. The van der Waals surface area contributed by atoms with Crippen molar-refractivity contribution < 1.29 is 33.4 Å². The number of benzene rings is 2. The maximum atomic E-state index is 12.8. The maximum Gasteiger partial charge on any atom is 0.328 e. The van der Waals surface area contributed by atoms with Crippen molar-refractivity contribution in [2.75, 3.05) is 26.1 Å². The van der Waals surface area contributed by atoms with Crippen LogP contribution in [0.25, 0.3) is 6.08 Å². The highest BCUT2D eigenvalue weighted by atomic mass is 79.9. The molecule has 0 spiro atoms. The van der Waals surface area contributed by atoms with Gasteiger partial charge in [-0.1, -0.05) is 33.6 Å². The number of anilines is 1. The van der Waals surface area contributed by atoms with E-state index < -0.39 is 23.2 Å². The molecule has 3 rings (SSSR count). The summed E-state index contributed by atoms with van der Waals surface area (Å²) in [4.78, 5) is 50.1. The number of rotatable bonds is 8. The summed E-state index contributed by atoms with van der Waals surface area (Å²) in [5, 5.41) is 2.18. The third-order valence-corrected chi connectivity index (χ3v) is 6.59. The van der Waals surface area contributed by atoms with E-state index >= 15 is 0 Å². The standard InChI is InChI=1S/C24H23BrN2O7S/c1-13-5-7-16(8-6-13)26-21(28)12-34-19-11-17(25)15(9-18(19)32-3)10-20-22(29)27(24(31)35-20)14(2)23(30)33-4/h5-11,14H,12H2,1-4H3,(H,26,28)/b20-10+/t14-/m1/s1. The SMILES string of the molecule is COC(=O)[C@@H](C)N1C(=O)S/C(=C/c2cc(OC)c(OCC(=O)Nc3ccc(C)cc3)cc2Br)C1=O. The fourth-order valence-corrected chi connectivity index (χ4v) is 4.48. The van der Waals surface area contributed by atoms with E-state index in [0.717, 1.165) is 22.2 Å². The van der Waals surface area contributed by atoms with E-state index in [9.17, 15) is 19.2 Å². The molecule has 1 heterocycles. The third kappa shape index (κ3) is 6.23. The lowest BCUT2D eigenvalue weighted by Crippen LogP contribution is -2.42. The van der Waals surface area contributed by atoms with Gasteiger partial charge >= 0.3 is 5.97 Å². The Morgan fingerprint density at radius 1 is 1.14 bits per heavy atom. The van der Waals surface area contributed by atoms with Crippen LogP contribution in [0.1, 0.15) is 18.1 Å². The molecular formula is C24H23BrN2O7S. The fraction of sp³-hybridized carbons (Fsp3) is 0.250. The van der Waals surface area contributed by atoms with Crippen molar-refractivity contribution in [1.29, 1.82) is 0 Å². The number of hydrogen-bond donors (Lipinski definition) is 1. The summed E-state index contributed by atoms with van der Waals surface area (Å²) < 4.78 is 16.2. The number of imide groups is 1. The fourth-order valence-electron chi connectivity index (χ4n) is 3.14. The average Bonchev–Trinajstić information content (AvgIpc) is 3.11. The van der Waals surface area contributed by atoms with Gasteiger partial charge in [-0.2, -0.15) is 0 Å². The van der Waals surface area contributed by atoms with Crippen LogP contribution in [-0.2, 0) is 19.1 Å². The number of nitrogens with zero attached hydrogens (tertiary/aromatic N) is 1. The molecule has 184 valence electrons. The van der Waals surface area contributed by atoms with Crippen LogP contribution >= 0.6 is 27.7 Å². The van der Waals surface area contributed by atoms with Crippen molar-refractivity contribution >= 4 is 62.5 Å². The number of thioether (sulfide) groups is 1. The van der Waals surface area contributed by atoms with E-state index in [1.54, 1.807) is 24.3 Å². The lowest BCUT2D eigenvalue weighted by Gasteiger charge is -2.18. The van der Waals surface area contributed by atoms with Gasteiger partial charge in [0.15, 0.2) is 18.1 Å². The summed E-state index contributed by atoms with van der Waals surface area (Å²) in [6, 6.07) is 9.54. The predicted molar refractivity (Wildman–Crippen MR) is 135 cm³/mol. The van der Waals surface area contributed by atoms with Gasteiger partial charge in [0, 0.05) is 10.2 Å². The molecule has 0 saturated carbocycles. The van der Waals surface area contributed by atoms with Gasteiger partial charge in [0.2, 0.25) is 0 Å². The molecule has 1 fully saturated rings. The molecule has 0 aliphatic carbocycles. The summed E-state index contributed by atoms with van der Waals surface area (Å²) >= 11 is 4.15. The first-order valence-electron chi connectivity index (χ1n) is 10.4. The molecule has 1 aliphatic rings. The average molecular weight is 563 g/mol. The van der Waals surface area contributed by atoms with Crippen molar-refractivity contribution in [3.05, 3.63) is 56.9 Å². The second kappa shape index (κ2) is 11.4. The van der Waals surface area contributed by atoms with Crippen LogP contribution in [0.15, 0.2) is 45.8 Å². The van der Waals surface area contributed by atoms with Crippen LogP contribution in [0.3, 0.4) is 0 Å². The number of methoxy groups -OCH3 is 2. The van der Waals surface area contributed by atoms with Crippen molar-refractivity contribution in [3.63, 3.8) is 0 Å². The highest BCUT2D eigenvalue weighted by Gasteiger charge is 2.41. The lowest BCUT2D eigenvalue weighted by atomic mass is 10.1. The number of ether oxygens (including phenoxy) is 3. The van der Waals surface area contributed by atoms with Gasteiger partial charge < -0.3 is 19.5 Å². The zero-order valence-corrected chi connectivity index (χ0v) is 21.8. The van der Waals surface area contributed by atoms with E-state index in [1.807, 2.05) is 19.1 Å². The Kier molecular flexibility index (Phi) is 8.57. The Morgan fingerprint density at radius 3 is 2.46 bits per heavy atom. The molecule has 1 aliphatic heterocycles. The number of carbonyl (C=O) groups is 4. The van der Waals surface area contributed by atoms with Crippen LogP contribution < -0.4 is 14.8 Å². The monoisotopic (exact) mass is 562 g/mol. The first kappa shape index (κ1) is 26.3. The lowest BCUT2D eigenvalue weighted by molar-refractivity contribution is -0.148. The minimum atomic E-state index is -1.04. The summed E-state index contributed by atoms with van der Waals surface area (Å²) in [6.45, 7) is 3.13. The summed E-state index contributed by atoms with van der Waals surface area (Å²) in [7, 11) is 2.63. The minimum Gasteiger partial charge on any atom is -0.493 e. The van der Waals surface area contributed by atoms with E-state index in [2.05, 4.69) is 26.0 Å². The summed E-state index contributed by atoms with van der Waals surface area (Å²) in [5.74, 6) is -1.00. The zero-order chi connectivity index (χ0) is 25.7. The molecule has 0 aromatic heterocycles. The number of carbonyl (C=O) groups excluding carboxylic acids is 4. The number of amides is 3. The predicted octanol–water partition coefficient (Wildman–Crippen LogP) is 4.38. The van der Waals surface area contributed by atoms with Gasteiger partial charge in [-0.25, -0.2) is 4.79 Å². The number of hydrogen-bond acceptors (Lipinski definition) is 8. The molecule has 3 amide bonds. The minimum absolute atomic E-state index is 0.139. The topological polar surface area (TPSA) is 111 Å². The Hall–Kier alpha value is -3.31. The molecule has 35 heavy (non-hydrogen) atoms. The highest BCUT2D eigenvalue weighted by molar-refractivity contribution is 9.10. The Balaban J connectivity index is 1.75. The number of aryl methyl sites for hydroxylation is 1. The summed E-state index contributed by atoms with van der Waals surface area (Å²) in [5.41, 5.74) is 2.27. The normalized spacial score (nSPS) is 15.2. The Bertz CT molecular complexity index is 1200. The van der Waals surface area contributed by atoms with Gasteiger partial charge in [-0.15, -0.1) is 0 Å². The van der Waals surface area contributed by atoms with Gasteiger partial charge in [-0.05, 0) is 61.5 Å². The summed E-state index contributed by atoms with van der Waals surface area (Å²) in [6.07, 6.45) is 1.51. The molecule has 1 N–H and O–H groups in total.